The molecule has 2 aliphatic rings. The van der Waals surface area contributed by atoms with Gasteiger partial charge in [0.15, 0.2) is 23.6 Å². The van der Waals surface area contributed by atoms with E-state index < -0.39 is 17.9 Å². The van der Waals surface area contributed by atoms with Gasteiger partial charge in [-0.1, -0.05) is 12.1 Å². The monoisotopic (exact) mass is 367 g/mol. The van der Waals surface area contributed by atoms with Gasteiger partial charge in [0.2, 0.25) is 0 Å². The zero-order valence-corrected chi connectivity index (χ0v) is 14.1. The van der Waals surface area contributed by atoms with Gasteiger partial charge in [0.25, 0.3) is 0 Å². The van der Waals surface area contributed by atoms with Gasteiger partial charge in [0, 0.05) is 12.8 Å². The highest BCUT2D eigenvalue weighted by molar-refractivity contribution is 6.26. The third kappa shape index (κ3) is 5.62. The van der Waals surface area contributed by atoms with E-state index in [2.05, 4.69) is 0 Å². The molecule has 1 aromatic carbocycles. The van der Waals surface area contributed by atoms with E-state index in [1.54, 1.807) is 0 Å². The second kappa shape index (κ2) is 9.04. The van der Waals surface area contributed by atoms with Crippen molar-refractivity contribution < 1.29 is 44.1 Å². The topological polar surface area (TPSA) is 138 Å². The van der Waals surface area contributed by atoms with Crippen LogP contribution in [0.4, 0.5) is 0 Å². The van der Waals surface area contributed by atoms with Crippen molar-refractivity contribution in [2.45, 2.75) is 18.9 Å². The quantitative estimate of drug-likeness (QED) is 0.523. The first kappa shape index (κ1) is 19.5. The number of ether oxygens (including phenoxy) is 2. The second-order valence-corrected chi connectivity index (χ2v) is 6.16. The lowest BCUT2D eigenvalue weighted by Gasteiger charge is -2.32. The summed E-state index contributed by atoms with van der Waals surface area (Å²) >= 11 is 0. The number of aliphatic carboxylic acids is 3. The van der Waals surface area contributed by atoms with Crippen molar-refractivity contribution in [1.29, 1.82) is 0 Å². The molecule has 1 saturated heterocycles. The summed E-state index contributed by atoms with van der Waals surface area (Å²) in [5.74, 6) is -3.21. The van der Waals surface area contributed by atoms with Crippen LogP contribution >= 0.6 is 0 Å². The molecule has 0 radical (unpaired) electrons. The molecular formula is C17H21NO8. The van der Waals surface area contributed by atoms with Crippen molar-refractivity contribution in [3.05, 3.63) is 24.3 Å². The number of para-hydroxylation sites is 2. The maximum atomic E-state index is 10.9. The Morgan fingerprint density at radius 2 is 1.69 bits per heavy atom. The molecule has 3 N–H and O–H groups in total. The summed E-state index contributed by atoms with van der Waals surface area (Å²) in [5, 5.41) is 25.3. The molecule has 1 unspecified atom stereocenters. The van der Waals surface area contributed by atoms with Crippen LogP contribution in [-0.2, 0) is 14.4 Å². The van der Waals surface area contributed by atoms with E-state index in [0.29, 0.717) is 6.61 Å². The molecular weight excluding hydrogens is 346 g/mol. The lowest BCUT2D eigenvalue weighted by Crippen LogP contribution is -3.14. The van der Waals surface area contributed by atoms with Crippen LogP contribution in [0.15, 0.2) is 24.3 Å². The summed E-state index contributed by atoms with van der Waals surface area (Å²) in [7, 11) is 0. The molecule has 1 aromatic rings. The molecule has 0 aromatic heterocycles. The Balaban J connectivity index is 0.000000352. The lowest BCUT2D eigenvalue weighted by atomic mass is 9.97. The van der Waals surface area contributed by atoms with Crippen LogP contribution in [0.5, 0.6) is 11.5 Å². The Morgan fingerprint density at radius 3 is 2.23 bits per heavy atom. The molecule has 9 heteroatoms. The molecule has 2 heterocycles. The highest BCUT2D eigenvalue weighted by Crippen LogP contribution is 2.30. The molecule has 26 heavy (non-hydrogen) atoms. The minimum absolute atomic E-state index is 0.0567. The number of piperidine rings is 1. The molecule has 3 rings (SSSR count). The maximum absolute atomic E-state index is 10.9. The molecule has 2 aliphatic heterocycles. The van der Waals surface area contributed by atoms with E-state index >= 15 is 0 Å². The zero-order chi connectivity index (χ0) is 19.1. The number of hydrogen-bond acceptors (Lipinski definition) is 6. The maximum Gasteiger partial charge on any atom is 0.351 e. The molecule has 142 valence electrons. The van der Waals surface area contributed by atoms with E-state index in [1.165, 1.54) is 4.90 Å². The van der Waals surface area contributed by atoms with Gasteiger partial charge in [-0.25, -0.2) is 4.79 Å². The molecule has 0 aliphatic carbocycles. The fraction of sp³-hybridized carbons (Fsp3) is 0.471. The van der Waals surface area contributed by atoms with E-state index in [4.69, 9.17) is 34.4 Å². The Hall–Kier alpha value is -2.81. The number of carboxylic acids is 3. The van der Waals surface area contributed by atoms with Gasteiger partial charge in [-0.15, -0.1) is 0 Å². The number of rotatable bonds is 3. The van der Waals surface area contributed by atoms with Crippen LogP contribution in [0.2, 0.25) is 0 Å². The summed E-state index contributed by atoms with van der Waals surface area (Å²) in [5.41, 5.74) is 0. The third-order valence-electron chi connectivity index (χ3n) is 4.30. The lowest BCUT2D eigenvalue weighted by molar-refractivity contribution is -0.908. The first-order chi connectivity index (χ1) is 12.4. The Kier molecular flexibility index (Phi) is 6.79. The fourth-order valence-corrected chi connectivity index (χ4v) is 2.96. The van der Waals surface area contributed by atoms with Crippen LogP contribution in [0, 0.1) is 5.92 Å². The molecule has 1 fully saturated rings. The summed E-state index contributed by atoms with van der Waals surface area (Å²) in [6.07, 6.45) is 1.57. The minimum Gasteiger partial charge on any atom is -0.539 e. The number of nitrogens with one attached hydrogen (secondary N) is 1. The van der Waals surface area contributed by atoms with Crippen LogP contribution < -0.4 is 19.5 Å². The van der Waals surface area contributed by atoms with Gasteiger partial charge in [-0.3, -0.25) is 4.79 Å². The summed E-state index contributed by atoms with van der Waals surface area (Å²) < 4.78 is 11.7. The minimum atomic E-state index is -2.07. The van der Waals surface area contributed by atoms with Crippen molar-refractivity contribution in [2.24, 2.45) is 5.92 Å². The van der Waals surface area contributed by atoms with Gasteiger partial charge in [-0.05, 0) is 12.1 Å². The van der Waals surface area contributed by atoms with Crippen LogP contribution in [0.3, 0.4) is 0 Å². The molecule has 9 nitrogen and oxygen atoms in total. The highest BCUT2D eigenvalue weighted by atomic mass is 16.6. The smallest absolute Gasteiger partial charge is 0.351 e. The number of fused-ring (bicyclic) bond motifs is 1. The van der Waals surface area contributed by atoms with E-state index in [1.807, 2.05) is 24.3 Å². The summed E-state index contributed by atoms with van der Waals surface area (Å²) in [4.78, 5) is 30.4. The van der Waals surface area contributed by atoms with Crippen LogP contribution in [0.1, 0.15) is 12.8 Å². The van der Waals surface area contributed by atoms with Crippen LogP contribution in [0.25, 0.3) is 0 Å². The molecule has 0 spiro atoms. The number of carbonyl (C=O) groups is 3. The predicted octanol–water partition coefficient (Wildman–Crippen LogP) is -1.97. The number of quaternary nitrogens is 1. The van der Waals surface area contributed by atoms with Crippen molar-refractivity contribution in [2.75, 3.05) is 26.2 Å². The van der Waals surface area contributed by atoms with Crippen molar-refractivity contribution in [3.8, 4) is 11.5 Å². The van der Waals surface area contributed by atoms with Gasteiger partial charge < -0.3 is 34.5 Å². The first-order valence-electron chi connectivity index (χ1n) is 8.26. The van der Waals surface area contributed by atoms with Crippen molar-refractivity contribution in [3.63, 3.8) is 0 Å². The largest absolute Gasteiger partial charge is 0.539 e. The molecule has 1 atom stereocenters. The second-order valence-electron chi connectivity index (χ2n) is 6.16. The number of benzene rings is 1. The van der Waals surface area contributed by atoms with Crippen LogP contribution in [-0.4, -0.2) is 60.5 Å². The zero-order valence-electron chi connectivity index (χ0n) is 14.1. The van der Waals surface area contributed by atoms with Gasteiger partial charge in [-0.2, -0.15) is 0 Å². The van der Waals surface area contributed by atoms with Crippen molar-refractivity contribution in [1.82, 2.24) is 0 Å². The van der Waals surface area contributed by atoms with E-state index in [-0.39, 0.29) is 12.0 Å². The summed E-state index contributed by atoms with van der Waals surface area (Å²) in [6, 6.07) is 7.71. The molecule has 0 saturated carbocycles. The number of carboxylic acid groups (broad SMARTS) is 3. The number of hydrogen-bond donors (Lipinski definition) is 3. The van der Waals surface area contributed by atoms with E-state index in [9.17, 15) is 4.79 Å². The average molecular weight is 367 g/mol. The van der Waals surface area contributed by atoms with Gasteiger partial charge >= 0.3 is 11.9 Å². The van der Waals surface area contributed by atoms with E-state index in [0.717, 1.165) is 44.0 Å². The highest BCUT2D eigenvalue weighted by Gasteiger charge is 2.30. The Labute approximate surface area is 149 Å². The van der Waals surface area contributed by atoms with Gasteiger partial charge in [0.05, 0.1) is 19.0 Å². The SMILES string of the molecule is O=C(O)C1CC[NH+](CC2COc3ccccc3O2)CC1.O=C([O-])C(=O)O. The fourth-order valence-electron chi connectivity index (χ4n) is 2.96. The number of likely N-dealkylation sites (tertiary alicyclic amines) is 1. The Bertz CT molecular complexity index is 642. The van der Waals surface area contributed by atoms with Crippen molar-refractivity contribution >= 4 is 17.9 Å². The summed E-state index contributed by atoms with van der Waals surface area (Å²) in [6.45, 7) is 3.25. The van der Waals surface area contributed by atoms with Gasteiger partial charge in [0.1, 0.15) is 13.2 Å². The molecule has 0 amide bonds. The average Bonchev–Trinajstić information content (AvgIpc) is 2.62. The third-order valence-corrected chi connectivity index (χ3v) is 4.30. The predicted molar refractivity (Wildman–Crippen MR) is 84.9 cm³/mol. The normalized spacial score (nSPS) is 23.9. The first-order valence-corrected chi connectivity index (χ1v) is 8.26. The standard InChI is InChI=1S/C15H19NO4.C2H2O4/c17-15(18)11-5-7-16(8-6-11)9-12-10-19-13-3-1-2-4-14(13)20-12;3-1(4)2(5)6/h1-4,11-12H,5-10H2,(H,17,18);(H,3,4)(H,5,6). The number of carbonyl (C=O) groups excluding carboxylic acids is 1. The Morgan fingerprint density at radius 1 is 1.12 bits per heavy atom. The molecule has 0 bridgehead atoms.